The van der Waals surface area contributed by atoms with Crippen LogP contribution in [0, 0.1) is 6.92 Å². The predicted octanol–water partition coefficient (Wildman–Crippen LogP) is 3.42. The quantitative estimate of drug-likeness (QED) is 0.759. The Labute approximate surface area is 135 Å². The molecule has 120 valence electrons. The summed E-state index contributed by atoms with van der Waals surface area (Å²) in [4.78, 5) is 12.0. The van der Waals surface area contributed by atoms with E-state index in [2.05, 4.69) is 20.6 Å². The number of amides is 1. The molecular formula is C12H7ClF3N5OS. The first kappa shape index (κ1) is 15.7. The number of hydrogen-bond acceptors (Lipinski definition) is 5. The molecule has 6 nitrogen and oxygen atoms in total. The van der Waals surface area contributed by atoms with Gasteiger partial charge in [-0.1, -0.05) is 29.0 Å². The van der Waals surface area contributed by atoms with E-state index in [1.807, 2.05) is 0 Å². The number of rotatable bonds is 2. The topological polar surface area (TPSA) is 72.2 Å². The van der Waals surface area contributed by atoms with Crippen LogP contribution in [-0.2, 0) is 6.18 Å². The number of nitrogens with zero attached hydrogens (tertiary/aromatic N) is 4. The van der Waals surface area contributed by atoms with Gasteiger partial charge in [-0.2, -0.15) is 17.7 Å². The first-order valence-corrected chi connectivity index (χ1v) is 7.32. The molecule has 2 heterocycles. The molecule has 3 aromatic rings. The summed E-state index contributed by atoms with van der Waals surface area (Å²) in [7, 11) is 0. The molecule has 0 fully saturated rings. The second kappa shape index (κ2) is 5.46. The molecule has 0 bridgehead atoms. The third kappa shape index (κ3) is 2.99. The monoisotopic (exact) mass is 361 g/mol. The fourth-order valence-electron chi connectivity index (χ4n) is 1.79. The lowest BCUT2D eigenvalue weighted by atomic mass is 10.2. The van der Waals surface area contributed by atoms with Gasteiger partial charge in [-0.25, -0.2) is 0 Å². The molecule has 0 aliphatic rings. The van der Waals surface area contributed by atoms with Gasteiger partial charge in [-0.05, 0) is 24.6 Å². The number of carbonyl (C=O) groups excluding carboxylic acids is 1. The maximum atomic E-state index is 12.7. The van der Waals surface area contributed by atoms with Crippen LogP contribution in [0.4, 0.5) is 18.9 Å². The number of halogens is 4. The van der Waals surface area contributed by atoms with Gasteiger partial charge in [0.1, 0.15) is 0 Å². The number of fused-ring (bicyclic) bond motifs is 1. The van der Waals surface area contributed by atoms with Gasteiger partial charge in [0.25, 0.3) is 11.7 Å². The van der Waals surface area contributed by atoms with Crippen LogP contribution in [0.5, 0.6) is 0 Å². The van der Waals surface area contributed by atoms with Crippen LogP contribution in [0.3, 0.4) is 0 Å². The molecule has 2 aromatic heterocycles. The zero-order valence-corrected chi connectivity index (χ0v) is 12.9. The first-order chi connectivity index (χ1) is 10.8. The molecular weight excluding hydrogens is 355 g/mol. The lowest BCUT2D eigenvalue weighted by molar-refractivity contribution is -0.146. The van der Waals surface area contributed by atoms with E-state index in [1.165, 1.54) is 6.07 Å². The largest absolute Gasteiger partial charge is 0.453 e. The van der Waals surface area contributed by atoms with E-state index < -0.39 is 17.9 Å². The van der Waals surface area contributed by atoms with Crippen molar-refractivity contribution < 1.29 is 18.0 Å². The third-order valence-electron chi connectivity index (χ3n) is 2.89. The van der Waals surface area contributed by atoms with Crippen molar-refractivity contribution >= 4 is 39.5 Å². The molecule has 11 heteroatoms. The van der Waals surface area contributed by atoms with E-state index >= 15 is 0 Å². The lowest BCUT2D eigenvalue weighted by Crippen LogP contribution is -2.15. The van der Waals surface area contributed by atoms with Crippen LogP contribution in [-0.4, -0.2) is 25.7 Å². The van der Waals surface area contributed by atoms with E-state index in [4.69, 9.17) is 11.6 Å². The summed E-state index contributed by atoms with van der Waals surface area (Å²) in [5.74, 6) is -1.93. The minimum absolute atomic E-state index is 0.120. The Balaban J connectivity index is 1.92. The minimum Gasteiger partial charge on any atom is -0.320 e. The van der Waals surface area contributed by atoms with Gasteiger partial charge in [-0.15, -0.1) is 15.3 Å². The number of aryl methyl sites for hydroxylation is 1. The fraction of sp³-hybridized carbons (Fsp3) is 0.167. The predicted molar refractivity (Wildman–Crippen MR) is 77.8 cm³/mol. The average molecular weight is 362 g/mol. The molecule has 1 amide bonds. The summed E-state index contributed by atoms with van der Waals surface area (Å²) < 4.78 is 38.7. The molecule has 0 aliphatic heterocycles. The van der Waals surface area contributed by atoms with Crippen LogP contribution < -0.4 is 5.32 Å². The second-order valence-electron chi connectivity index (χ2n) is 4.54. The van der Waals surface area contributed by atoms with Gasteiger partial charge in [0.2, 0.25) is 9.97 Å². The molecule has 0 saturated carbocycles. The number of benzene rings is 1. The molecule has 1 N–H and O–H groups in total. The molecule has 23 heavy (non-hydrogen) atoms. The maximum absolute atomic E-state index is 12.7. The summed E-state index contributed by atoms with van der Waals surface area (Å²) in [6.07, 6.45) is -4.70. The number of aromatic nitrogens is 4. The Morgan fingerprint density at radius 3 is 2.78 bits per heavy atom. The van der Waals surface area contributed by atoms with E-state index in [-0.39, 0.29) is 9.97 Å². The first-order valence-electron chi connectivity index (χ1n) is 6.12. The van der Waals surface area contributed by atoms with Gasteiger partial charge >= 0.3 is 6.18 Å². The summed E-state index contributed by atoms with van der Waals surface area (Å²) in [5.41, 5.74) is 1.20. The zero-order chi connectivity index (χ0) is 16.8. The molecule has 0 radical (unpaired) electrons. The molecule has 3 rings (SSSR count). The number of alkyl halides is 3. The molecule has 0 spiro atoms. The van der Waals surface area contributed by atoms with Crippen molar-refractivity contribution in [2.75, 3.05) is 5.32 Å². The third-order valence-corrected chi connectivity index (χ3v) is 4.02. The van der Waals surface area contributed by atoms with Crippen molar-refractivity contribution in [2.24, 2.45) is 0 Å². The van der Waals surface area contributed by atoms with Crippen LogP contribution in [0.15, 0.2) is 18.2 Å². The summed E-state index contributed by atoms with van der Waals surface area (Å²) in [6, 6.07) is 4.90. The standard InChI is InChI=1S/C12H7ClF3N5OS/c1-5-2-3-6(13)4-7(5)17-8(22)9-20-21-10(12(14,15)16)18-19-11(21)23-9/h2-4H,1H3,(H,17,22). The van der Waals surface area contributed by atoms with Crippen molar-refractivity contribution in [1.82, 2.24) is 19.8 Å². The van der Waals surface area contributed by atoms with E-state index in [0.717, 1.165) is 5.56 Å². The minimum atomic E-state index is -4.70. The van der Waals surface area contributed by atoms with E-state index in [9.17, 15) is 18.0 Å². The smallest absolute Gasteiger partial charge is 0.320 e. The highest BCUT2D eigenvalue weighted by Crippen LogP contribution is 2.29. The highest BCUT2D eigenvalue weighted by atomic mass is 35.5. The van der Waals surface area contributed by atoms with Crippen LogP contribution in [0.25, 0.3) is 4.96 Å². The molecule has 0 saturated heterocycles. The summed E-state index contributed by atoms with van der Waals surface area (Å²) in [6.45, 7) is 1.76. The molecule has 1 aromatic carbocycles. The Kier molecular flexibility index (Phi) is 3.72. The Morgan fingerprint density at radius 1 is 1.35 bits per heavy atom. The van der Waals surface area contributed by atoms with Crippen LogP contribution >= 0.6 is 22.9 Å². The Bertz CT molecular complexity index is 904. The Morgan fingerprint density at radius 2 is 2.09 bits per heavy atom. The van der Waals surface area contributed by atoms with Gasteiger partial charge < -0.3 is 5.32 Å². The van der Waals surface area contributed by atoms with E-state index in [0.29, 0.717) is 26.6 Å². The van der Waals surface area contributed by atoms with Crippen molar-refractivity contribution in [2.45, 2.75) is 13.1 Å². The highest BCUT2D eigenvalue weighted by molar-refractivity contribution is 7.18. The fourth-order valence-corrected chi connectivity index (χ4v) is 2.70. The highest BCUT2D eigenvalue weighted by Gasteiger charge is 2.38. The SMILES string of the molecule is Cc1ccc(Cl)cc1NC(=O)c1nn2c(C(F)(F)F)nnc2s1. The zero-order valence-electron chi connectivity index (χ0n) is 11.3. The molecule has 0 aliphatic carbocycles. The molecule has 0 unspecified atom stereocenters. The second-order valence-corrected chi connectivity index (χ2v) is 5.93. The maximum Gasteiger partial charge on any atom is 0.453 e. The van der Waals surface area contributed by atoms with Crippen LogP contribution in [0.1, 0.15) is 21.2 Å². The van der Waals surface area contributed by atoms with Gasteiger partial charge in [0, 0.05) is 10.7 Å². The van der Waals surface area contributed by atoms with Crippen molar-refractivity contribution in [1.29, 1.82) is 0 Å². The number of anilines is 1. The summed E-state index contributed by atoms with van der Waals surface area (Å²) in [5, 5.41) is 12.8. The summed E-state index contributed by atoms with van der Waals surface area (Å²) >= 11 is 6.56. The number of nitrogens with one attached hydrogen (secondary N) is 1. The van der Waals surface area contributed by atoms with Gasteiger partial charge in [0.05, 0.1) is 0 Å². The van der Waals surface area contributed by atoms with Crippen molar-refractivity contribution in [3.63, 3.8) is 0 Å². The van der Waals surface area contributed by atoms with Gasteiger partial charge in [0.15, 0.2) is 0 Å². The van der Waals surface area contributed by atoms with Crippen LogP contribution in [0.2, 0.25) is 5.02 Å². The average Bonchev–Trinajstić information content (AvgIpc) is 3.01. The van der Waals surface area contributed by atoms with Crippen molar-refractivity contribution in [3.05, 3.63) is 39.6 Å². The van der Waals surface area contributed by atoms with E-state index in [1.54, 1.807) is 19.1 Å². The number of hydrogen-bond donors (Lipinski definition) is 1. The lowest BCUT2D eigenvalue weighted by Gasteiger charge is -2.06. The van der Waals surface area contributed by atoms with Gasteiger partial charge in [-0.3, -0.25) is 4.79 Å². The normalized spacial score (nSPS) is 11.9. The molecule has 0 atom stereocenters. The van der Waals surface area contributed by atoms with Crippen molar-refractivity contribution in [3.8, 4) is 0 Å². The Hall–Kier alpha value is -2.20. The number of carbonyl (C=O) groups is 1.